The van der Waals surface area contributed by atoms with Gasteiger partial charge in [0, 0.05) is 18.3 Å². The summed E-state index contributed by atoms with van der Waals surface area (Å²) < 4.78 is 2.03. The van der Waals surface area contributed by atoms with Crippen LogP contribution in [0.25, 0.3) is 0 Å². The third kappa shape index (κ3) is 3.50. The summed E-state index contributed by atoms with van der Waals surface area (Å²) in [6.45, 7) is 6.39. The molecule has 0 spiro atoms. The third-order valence-corrected chi connectivity index (χ3v) is 3.70. The Balaban J connectivity index is 2.51. The van der Waals surface area contributed by atoms with Gasteiger partial charge >= 0.3 is 0 Å². The van der Waals surface area contributed by atoms with Gasteiger partial charge < -0.3 is 9.88 Å². The predicted molar refractivity (Wildman–Crippen MR) is 64.2 cm³/mol. The molecule has 15 heavy (non-hydrogen) atoms. The quantitative estimate of drug-likeness (QED) is 0.777. The van der Waals surface area contributed by atoms with Crippen LogP contribution in [0.5, 0.6) is 0 Å². The molecule has 2 atom stereocenters. The molecule has 0 saturated heterocycles. The maximum absolute atomic E-state index is 4.14. The van der Waals surface area contributed by atoms with E-state index in [1.165, 1.54) is 0 Å². The zero-order valence-electron chi connectivity index (χ0n) is 10.1. The van der Waals surface area contributed by atoms with Gasteiger partial charge in [0.1, 0.15) is 5.82 Å². The Morgan fingerprint density at radius 1 is 1.40 bits per heavy atom. The highest BCUT2D eigenvalue weighted by molar-refractivity contribution is 7.99. The smallest absolute Gasteiger partial charge is 0.191 e. The molecule has 0 fully saturated rings. The standard InChI is InChI=1S/C10H20N4S/c1-7(11-4)6-8(2)15-10-13-12-9(3)14(10)5/h7-8,11H,6H2,1-5H3. The molecule has 2 unspecified atom stereocenters. The molecule has 0 aliphatic heterocycles. The molecule has 1 heterocycles. The van der Waals surface area contributed by atoms with E-state index in [1.54, 1.807) is 11.8 Å². The number of hydrogen-bond donors (Lipinski definition) is 1. The van der Waals surface area contributed by atoms with Gasteiger partial charge in [0.05, 0.1) is 0 Å². The number of nitrogens with one attached hydrogen (secondary N) is 1. The summed E-state index contributed by atoms with van der Waals surface area (Å²) in [6.07, 6.45) is 1.13. The Hall–Kier alpha value is -0.550. The molecule has 1 aromatic rings. The largest absolute Gasteiger partial charge is 0.317 e. The molecule has 0 aromatic carbocycles. The third-order valence-electron chi connectivity index (χ3n) is 2.54. The molecule has 0 aliphatic rings. The molecule has 0 radical (unpaired) electrons. The van der Waals surface area contributed by atoms with E-state index in [0.29, 0.717) is 11.3 Å². The summed E-state index contributed by atoms with van der Waals surface area (Å²) in [5.41, 5.74) is 0. The Bertz CT molecular complexity index is 310. The molecule has 1 rings (SSSR count). The van der Waals surface area contributed by atoms with Crippen LogP contribution in [-0.2, 0) is 7.05 Å². The summed E-state index contributed by atoms with van der Waals surface area (Å²) in [7, 11) is 4.00. The molecule has 4 nitrogen and oxygen atoms in total. The maximum atomic E-state index is 4.14. The molecule has 0 aliphatic carbocycles. The van der Waals surface area contributed by atoms with Crippen molar-refractivity contribution in [3.8, 4) is 0 Å². The van der Waals surface area contributed by atoms with Gasteiger partial charge in [-0.15, -0.1) is 10.2 Å². The van der Waals surface area contributed by atoms with E-state index in [2.05, 4.69) is 29.4 Å². The lowest BCUT2D eigenvalue weighted by molar-refractivity contribution is 0.563. The van der Waals surface area contributed by atoms with Gasteiger partial charge in [-0.05, 0) is 27.3 Å². The van der Waals surface area contributed by atoms with E-state index in [0.717, 1.165) is 17.4 Å². The van der Waals surface area contributed by atoms with Gasteiger partial charge in [-0.3, -0.25) is 0 Å². The van der Waals surface area contributed by atoms with Gasteiger partial charge in [-0.2, -0.15) is 0 Å². The summed E-state index contributed by atoms with van der Waals surface area (Å²) in [5, 5.41) is 13.0. The highest BCUT2D eigenvalue weighted by Gasteiger charge is 2.12. The highest BCUT2D eigenvalue weighted by atomic mass is 32.2. The minimum absolute atomic E-state index is 0.543. The van der Waals surface area contributed by atoms with Crippen molar-refractivity contribution in [3.05, 3.63) is 5.82 Å². The van der Waals surface area contributed by atoms with Crippen molar-refractivity contribution < 1.29 is 0 Å². The number of hydrogen-bond acceptors (Lipinski definition) is 4. The van der Waals surface area contributed by atoms with E-state index in [1.807, 2.05) is 25.6 Å². The lowest BCUT2D eigenvalue weighted by Crippen LogP contribution is -2.24. The molecule has 86 valence electrons. The van der Waals surface area contributed by atoms with Crippen molar-refractivity contribution in [2.45, 2.75) is 43.6 Å². The predicted octanol–water partition coefficient (Wildman–Crippen LogP) is 1.60. The SMILES string of the molecule is CNC(C)CC(C)Sc1nnc(C)n1C. The zero-order valence-corrected chi connectivity index (χ0v) is 10.9. The van der Waals surface area contributed by atoms with Crippen LogP contribution in [0, 0.1) is 6.92 Å². The first-order chi connectivity index (χ1) is 7.04. The fraction of sp³-hybridized carbons (Fsp3) is 0.800. The summed E-state index contributed by atoms with van der Waals surface area (Å²) in [5.74, 6) is 0.964. The molecule has 0 amide bonds. The second kappa shape index (κ2) is 5.51. The highest BCUT2D eigenvalue weighted by Crippen LogP contribution is 2.23. The Morgan fingerprint density at radius 3 is 2.53 bits per heavy atom. The number of aryl methyl sites for hydroxylation is 1. The van der Waals surface area contributed by atoms with Gasteiger partial charge in [0.15, 0.2) is 5.16 Å². The molecular weight excluding hydrogens is 208 g/mol. The normalized spacial score (nSPS) is 15.3. The van der Waals surface area contributed by atoms with Crippen LogP contribution in [0.3, 0.4) is 0 Å². The summed E-state index contributed by atoms with van der Waals surface area (Å²) >= 11 is 1.78. The maximum Gasteiger partial charge on any atom is 0.191 e. The zero-order chi connectivity index (χ0) is 11.4. The average Bonchev–Trinajstić information content (AvgIpc) is 2.49. The summed E-state index contributed by atoms with van der Waals surface area (Å²) in [4.78, 5) is 0. The van der Waals surface area contributed by atoms with E-state index < -0.39 is 0 Å². The van der Waals surface area contributed by atoms with E-state index in [-0.39, 0.29) is 0 Å². The molecule has 5 heteroatoms. The number of rotatable bonds is 5. The fourth-order valence-corrected chi connectivity index (χ4v) is 2.46. The fourth-order valence-electron chi connectivity index (χ4n) is 1.33. The van der Waals surface area contributed by atoms with Gasteiger partial charge in [-0.25, -0.2) is 0 Å². The Morgan fingerprint density at radius 2 is 2.07 bits per heavy atom. The van der Waals surface area contributed by atoms with Crippen molar-refractivity contribution in [2.75, 3.05) is 7.05 Å². The van der Waals surface area contributed by atoms with E-state index >= 15 is 0 Å². The second-order valence-electron chi connectivity index (χ2n) is 3.94. The Kier molecular flexibility index (Phi) is 4.60. The van der Waals surface area contributed by atoms with Crippen molar-refractivity contribution in [1.29, 1.82) is 0 Å². The van der Waals surface area contributed by atoms with Crippen LogP contribution in [-0.4, -0.2) is 33.1 Å². The van der Waals surface area contributed by atoms with Crippen LogP contribution in [0.2, 0.25) is 0 Å². The molecular formula is C10H20N4S. The number of aromatic nitrogens is 3. The van der Waals surface area contributed by atoms with Crippen LogP contribution >= 0.6 is 11.8 Å². The van der Waals surface area contributed by atoms with Crippen molar-refractivity contribution in [1.82, 2.24) is 20.1 Å². The molecule has 1 N–H and O–H groups in total. The minimum atomic E-state index is 0.543. The van der Waals surface area contributed by atoms with Crippen LogP contribution in [0.1, 0.15) is 26.1 Å². The molecule has 1 aromatic heterocycles. The van der Waals surface area contributed by atoms with E-state index in [4.69, 9.17) is 0 Å². The lowest BCUT2D eigenvalue weighted by Gasteiger charge is -2.15. The monoisotopic (exact) mass is 228 g/mol. The first kappa shape index (κ1) is 12.5. The van der Waals surface area contributed by atoms with Crippen molar-refractivity contribution in [2.24, 2.45) is 7.05 Å². The first-order valence-corrected chi connectivity index (χ1v) is 6.12. The second-order valence-corrected chi connectivity index (χ2v) is 5.35. The number of nitrogens with zero attached hydrogens (tertiary/aromatic N) is 3. The first-order valence-electron chi connectivity index (χ1n) is 5.24. The number of thioether (sulfide) groups is 1. The van der Waals surface area contributed by atoms with Gasteiger partial charge in [-0.1, -0.05) is 18.7 Å². The van der Waals surface area contributed by atoms with Gasteiger partial charge in [0.25, 0.3) is 0 Å². The Labute approximate surface area is 95.9 Å². The van der Waals surface area contributed by atoms with Crippen LogP contribution in [0.4, 0.5) is 0 Å². The topological polar surface area (TPSA) is 42.7 Å². The average molecular weight is 228 g/mol. The minimum Gasteiger partial charge on any atom is -0.317 e. The van der Waals surface area contributed by atoms with Gasteiger partial charge in [0.2, 0.25) is 0 Å². The van der Waals surface area contributed by atoms with Crippen LogP contribution < -0.4 is 5.32 Å². The summed E-state index contributed by atoms with van der Waals surface area (Å²) in [6, 6.07) is 0.543. The van der Waals surface area contributed by atoms with Crippen LogP contribution in [0.15, 0.2) is 5.16 Å². The van der Waals surface area contributed by atoms with Crippen molar-refractivity contribution >= 4 is 11.8 Å². The van der Waals surface area contributed by atoms with Crippen molar-refractivity contribution in [3.63, 3.8) is 0 Å². The molecule has 0 bridgehead atoms. The van der Waals surface area contributed by atoms with E-state index in [9.17, 15) is 0 Å². The lowest BCUT2D eigenvalue weighted by atomic mass is 10.2. The molecule has 0 saturated carbocycles.